The second kappa shape index (κ2) is 7.97. The molecule has 0 saturated carbocycles. The van der Waals surface area contributed by atoms with E-state index < -0.39 is 12.5 Å². The second-order valence-electron chi connectivity index (χ2n) is 4.96. The summed E-state index contributed by atoms with van der Waals surface area (Å²) in [4.78, 5) is 12.3. The molecule has 4 nitrogen and oxygen atoms in total. The number of rotatable bonds is 6. The fourth-order valence-electron chi connectivity index (χ4n) is 2.19. The van der Waals surface area contributed by atoms with E-state index in [0.29, 0.717) is 5.02 Å². The predicted molar refractivity (Wildman–Crippen MR) is 87.0 cm³/mol. The highest BCUT2D eigenvalue weighted by Crippen LogP contribution is 2.30. The van der Waals surface area contributed by atoms with Crippen molar-refractivity contribution in [2.24, 2.45) is 0 Å². The van der Waals surface area contributed by atoms with Crippen molar-refractivity contribution in [2.75, 3.05) is 7.11 Å². The van der Waals surface area contributed by atoms with Crippen molar-refractivity contribution < 1.29 is 23.0 Å². The molecule has 0 bridgehead atoms. The summed E-state index contributed by atoms with van der Waals surface area (Å²) in [6, 6.07) is 10.8. The Kier molecular flexibility index (Phi) is 5.98. The van der Waals surface area contributed by atoms with Gasteiger partial charge in [0, 0.05) is 10.6 Å². The number of carbonyl (C=O) groups excluding carboxylic acids is 1. The van der Waals surface area contributed by atoms with Gasteiger partial charge >= 0.3 is 6.61 Å². The van der Waals surface area contributed by atoms with Crippen LogP contribution in [-0.4, -0.2) is 19.6 Å². The molecule has 24 heavy (non-hydrogen) atoms. The average Bonchev–Trinajstić information content (AvgIpc) is 2.54. The molecule has 1 N–H and O–H groups in total. The van der Waals surface area contributed by atoms with E-state index in [-0.39, 0.29) is 23.1 Å². The number of halogens is 3. The summed E-state index contributed by atoms with van der Waals surface area (Å²) in [7, 11) is 1.33. The van der Waals surface area contributed by atoms with Crippen molar-refractivity contribution in [1.82, 2.24) is 5.32 Å². The quantitative estimate of drug-likeness (QED) is 0.833. The third-order valence-electron chi connectivity index (χ3n) is 3.36. The summed E-state index contributed by atoms with van der Waals surface area (Å²) in [6.45, 7) is -1.24. The summed E-state index contributed by atoms with van der Waals surface area (Å²) >= 11 is 6.10. The molecule has 7 heteroatoms. The lowest BCUT2D eigenvalue weighted by Gasteiger charge is -2.16. The maximum atomic E-state index is 12.5. The normalized spacial score (nSPS) is 11.9. The van der Waals surface area contributed by atoms with E-state index in [2.05, 4.69) is 10.1 Å². The molecule has 0 aliphatic heterocycles. The number of methoxy groups -OCH3 is 1. The van der Waals surface area contributed by atoms with E-state index in [9.17, 15) is 13.6 Å². The molecule has 2 rings (SSSR count). The molecule has 0 aliphatic rings. The van der Waals surface area contributed by atoms with Crippen LogP contribution in [0.4, 0.5) is 8.78 Å². The molecular formula is C17H16ClF2NO3. The summed E-state index contributed by atoms with van der Waals surface area (Å²) in [6.07, 6.45) is 0. The lowest BCUT2D eigenvalue weighted by molar-refractivity contribution is -0.0512. The number of benzene rings is 2. The molecule has 128 valence electrons. The van der Waals surface area contributed by atoms with Gasteiger partial charge in [0.2, 0.25) is 0 Å². The molecular weight excluding hydrogens is 340 g/mol. The molecule has 1 amide bonds. The van der Waals surface area contributed by atoms with Crippen LogP contribution in [0.2, 0.25) is 5.02 Å². The van der Waals surface area contributed by atoms with Gasteiger partial charge in [0.25, 0.3) is 5.91 Å². The number of carbonyl (C=O) groups is 1. The van der Waals surface area contributed by atoms with Crippen molar-refractivity contribution in [3.8, 4) is 11.5 Å². The van der Waals surface area contributed by atoms with Crippen LogP contribution in [0.1, 0.15) is 28.9 Å². The Morgan fingerprint density at radius 1 is 1.17 bits per heavy atom. The Bertz CT molecular complexity index is 725. The molecule has 2 aromatic carbocycles. The Morgan fingerprint density at radius 3 is 2.50 bits per heavy atom. The molecule has 0 aliphatic carbocycles. The predicted octanol–water partition coefficient (Wildman–Crippen LogP) is 4.44. The minimum atomic E-state index is -3.01. The fourth-order valence-corrected chi connectivity index (χ4v) is 2.49. The molecule has 1 atom stereocenters. The van der Waals surface area contributed by atoms with Crippen LogP contribution in [0, 0.1) is 0 Å². The summed E-state index contributed by atoms with van der Waals surface area (Å²) in [5.74, 6) is -0.527. The van der Waals surface area contributed by atoms with Gasteiger partial charge < -0.3 is 14.8 Å². The topological polar surface area (TPSA) is 47.6 Å². The van der Waals surface area contributed by atoms with Crippen LogP contribution in [-0.2, 0) is 0 Å². The number of nitrogens with one attached hydrogen (secondary N) is 1. The zero-order valence-corrected chi connectivity index (χ0v) is 13.8. The zero-order valence-electron chi connectivity index (χ0n) is 13.1. The van der Waals surface area contributed by atoms with E-state index in [1.165, 1.54) is 25.3 Å². The lowest BCUT2D eigenvalue weighted by atomic mass is 10.1. The Balaban J connectivity index is 2.19. The Labute approximate surface area is 143 Å². The first-order chi connectivity index (χ1) is 11.4. The monoisotopic (exact) mass is 355 g/mol. The first kappa shape index (κ1) is 18.0. The SMILES string of the molecule is COc1ccc(C(=O)NC(C)c2ccccc2Cl)cc1OC(F)F. The highest BCUT2D eigenvalue weighted by Gasteiger charge is 2.17. The van der Waals surface area contributed by atoms with E-state index in [4.69, 9.17) is 16.3 Å². The third-order valence-corrected chi connectivity index (χ3v) is 3.71. The van der Waals surface area contributed by atoms with Crippen LogP contribution in [0.3, 0.4) is 0 Å². The molecule has 1 unspecified atom stereocenters. The van der Waals surface area contributed by atoms with Crippen LogP contribution in [0.15, 0.2) is 42.5 Å². The average molecular weight is 356 g/mol. The van der Waals surface area contributed by atoms with Gasteiger partial charge in [0.1, 0.15) is 0 Å². The first-order valence-electron chi connectivity index (χ1n) is 7.10. The molecule has 0 aromatic heterocycles. The Hall–Kier alpha value is -2.34. The number of alkyl halides is 2. The number of amides is 1. The van der Waals surface area contributed by atoms with Gasteiger partial charge in [0.05, 0.1) is 13.2 Å². The van der Waals surface area contributed by atoms with E-state index in [1.54, 1.807) is 25.1 Å². The van der Waals surface area contributed by atoms with Crippen molar-refractivity contribution in [1.29, 1.82) is 0 Å². The zero-order chi connectivity index (χ0) is 17.7. The van der Waals surface area contributed by atoms with Gasteiger partial charge in [-0.25, -0.2) is 0 Å². The van der Waals surface area contributed by atoms with Gasteiger partial charge in [0.15, 0.2) is 11.5 Å². The standard InChI is InChI=1S/C17H16ClF2NO3/c1-10(12-5-3-4-6-13(12)18)21-16(22)11-7-8-14(23-2)15(9-11)24-17(19)20/h3-10,17H,1-2H3,(H,21,22). The largest absolute Gasteiger partial charge is 0.493 e. The molecule has 2 aromatic rings. The second-order valence-corrected chi connectivity index (χ2v) is 5.37. The van der Waals surface area contributed by atoms with Gasteiger partial charge in [-0.05, 0) is 36.8 Å². The van der Waals surface area contributed by atoms with Crippen LogP contribution in [0.25, 0.3) is 0 Å². The highest BCUT2D eigenvalue weighted by molar-refractivity contribution is 6.31. The number of ether oxygens (including phenoxy) is 2. The smallest absolute Gasteiger partial charge is 0.387 e. The number of hydrogen-bond acceptors (Lipinski definition) is 3. The van der Waals surface area contributed by atoms with Crippen LogP contribution in [0.5, 0.6) is 11.5 Å². The molecule has 0 radical (unpaired) electrons. The van der Waals surface area contributed by atoms with Gasteiger partial charge in [-0.15, -0.1) is 0 Å². The summed E-state index contributed by atoms with van der Waals surface area (Å²) in [5.41, 5.74) is 0.926. The summed E-state index contributed by atoms with van der Waals surface area (Å²) < 4.78 is 34.2. The molecule has 0 spiro atoms. The minimum Gasteiger partial charge on any atom is -0.493 e. The van der Waals surface area contributed by atoms with Crippen molar-refractivity contribution in [3.63, 3.8) is 0 Å². The first-order valence-corrected chi connectivity index (χ1v) is 7.48. The molecule has 0 fully saturated rings. The van der Waals surface area contributed by atoms with E-state index in [0.717, 1.165) is 5.56 Å². The van der Waals surface area contributed by atoms with Crippen molar-refractivity contribution in [2.45, 2.75) is 19.6 Å². The van der Waals surface area contributed by atoms with Crippen LogP contribution >= 0.6 is 11.6 Å². The van der Waals surface area contributed by atoms with Gasteiger partial charge in [-0.3, -0.25) is 4.79 Å². The highest BCUT2D eigenvalue weighted by atomic mass is 35.5. The van der Waals surface area contributed by atoms with E-state index >= 15 is 0 Å². The molecule has 0 heterocycles. The maximum absolute atomic E-state index is 12.5. The van der Waals surface area contributed by atoms with Gasteiger partial charge in [-0.1, -0.05) is 29.8 Å². The van der Waals surface area contributed by atoms with Crippen molar-refractivity contribution in [3.05, 3.63) is 58.6 Å². The van der Waals surface area contributed by atoms with Gasteiger partial charge in [-0.2, -0.15) is 8.78 Å². The number of hydrogen-bond donors (Lipinski definition) is 1. The van der Waals surface area contributed by atoms with E-state index in [1.807, 2.05) is 6.07 Å². The van der Waals surface area contributed by atoms with Crippen LogP contribution < -0.4 is 14.8 Å². The van der Waals surface area contributed by atoms with Crippen molar-refractivity contribution >= 4 is 17.5 Å². The fraction of sp³-hybridized carbons (Fsp3) is 0.235. The Morgan fingerprint density at radius 2 is 1.88 bits per heavy atom. The maximum Gasteiger partial charge on any atom is 0.387 e. The third kappa shape index (κ3) is 4.35. The summed E-state index contributed by atoms with van der Waals surface area (Å²) in [5, 5.41) is 3.29. The lowest BCUT2D eigenvalue weighted by Crippen LogP contribution is -2.26. The minimum absolute atomic E-state index is 0.117. The molecule has 0 saturated heterocycles.